The van der Waals surface area contributed by atoms with Gasteiger partial charge in [-0.05, 0) is 24.6 Å². The molecule has 0 fully saturated rings. The Labute approximate surface area is 157 Å². The summed E-state index contributed by atoms with van der Waals surface area (Å²) in [4.78, 5) is 16.9. The minimum absolute atomic E-state index is 0.0169. The van der Waals surface area contributed by atoms with Crippen molar-refractivity contribution in [3.8, 4) is 11.4 Å². The highest BCUT2D eigenvalue weighted by molar-refractivity contribution is 7.89. The van der Waals surface area contributed by atoms with E-state index in [1.165, 1.54) is 12.1 Å². The average Bonchev–Trinajstić information content (AvgIpc) is 3.15. The zero-order valence-electron chi connectivity index (χ0n) is 14.7. The van der Waals surface area contributed by atoms with Crippen LogP contribution in [-0.2, 0) is 21.4 Å². The first-order valence-corrected chi connectivity index (χ1v) is 9.88. The van der Waals surface area contributed by atoms with Crippen LogP contribution in [0, 0.1) is 0 Å². The van der Waals surface area contributed by atoms with E-state index in [1.807, 2.05) is 30.3 Å². The molecule has 0 aliphatic carbocycles. The molecule has 0 radical (unpaired) electrons. The number of imidazole rings is 1. The first-order chi connectivity index (χ1) is 12.9. The first-order valence-electron chi connectivity index (χ1n) is 8.34. The molecular weight excluding hydrogens is 364 g/mol. The number of primary sulfonamides is 1. The number of nitrogens with one attached hydrogen (secondary N) is 1. The van der Waals surface area contributed by atoms with Crippen molar-refractivity contribution < 1.29 is 13.2 Å². The number of aromatic nitrogens is 2. The van der Waals surface area contributed by atoms with Crippen molar-refractivity contribution in [3.63, 3.8) is 0 Å². The Morgan fingerprint density at radius 1 is 1.19 bits per heavy atom. The minimum atomic E-state index is -3.78. The number of carbonyl (C=O) groups is 1. The Hall–Kier alpha value is -2.97. The van der Waals surface area contributed by atoms with Crippen LogP contribution in [0.15, 0.2) is 71.9 Å². The molecule has 27 heavy (non-hydrogen) atoms. The Balaban J connectivity index is 1.72. The molecule has 0 aliphatic heterocycles. The van der Waals surface area contributed by atoms with Crippen molar-refractivity contribution in [2.24, 2.45) is 5.14 Å². The van der Waals surface area contributed by atoms with Gasteiger partial charge in [-0.1, -0.05) is 42.5 Å². The molecule has 2 aromatic carbocycles. The van der Waals surface area contributed by atoms with E-state index in [9.17, 15) is 13.2 Å². The van der Waals surface area contributed by atoms with E-state index in [2.05, 4.69) is 10.3 Å². The van der Waals surface area contributed by atoms with Crippen molar-refractivity contribution in [2.45, 2.75) is 24.4 Å². The van der Waals surface area contributed by atoms with Crippen LogP contribution in [0.3, 0.4) is 0 Å². The van der Waals surface area contributed by atoms with Crippen molar-refractivity contribution >= 4 is 15.9 Å². The number of benzene rings is 2. The van der Waals surface area contributed by atoms with Gasteiger partial charge >= 0.3 is 0 Å². The molecule has 3 N–H and O–H groups in total. The summed E-state index contributed by atoms with van der Waals surface area (Å²) >= 11 is 0. The molecule has 1 aromatic heterocycles. The SMILES string of the molecule is C[C@H](C(=O)NCc1cccc(S(N)(=O)=O)c1)n1ccnc1-c1ccccc1. The monoisotopic (exact) mass is 384 g/mol. The van der Waals surface area contributed by atoms with Crippen LogP contribution in [-0.4, -0.2) is 23.9 Å². The Morgan fingerprint density at radius 2 is 1.93 bits per heavy atom. The predicted octanol–water partition coefficient (Wildman–Crippen LogP) is 2.07. The number of sulfonamides is 1. The molecule has 0 unspecified atom stereocenters. The third-order valence-corrected chi connectivity index (χ3v) is 5.10. The van der Waals surface area contributed by atoms with Gasteiger partial charge in [0.2, 0.25) is 15.9 Å². The molecule has 3 rings (SSSR count). The third-order valence-electron chi connectivity index (χ3n) is 4.19. The lowest BCUT2D eigenvalue weighted by molar-refractivity contribution is -0.124. The molecular formula is C19H20N4O3S. The molecule has 3 aromatic rings. The number of nitrogens with two attached hydrogens (primary N) is 1. The van der Waals surface area contributed by atoms with Gasteiger partial charge in [-0.25, -0.2) is 18.5 Å². The average molecular weight is 384 g/mol. The highest BCUT2D eigenvalue weighted by Crippen LogP contribution is 2.21. The van der Waals surface area contributed by atoms with Crippen LogP contribution in [0.2, 0.25) is 0 Å². The normalized spacial score (nSPS) is 12.5. The van der Waals surface area contributed by atoms with Gasteiger partial charge in [0.25, 0.3) is 0 Å². The number of nitrogens with zero attached hydrogens (tertiary/aromatic N) is 2. The second-order valence-electron chi connectivity index (χ2n) is 6.11. The summed E-state index contributed by atoms with van der Waals surface area (Å²) in [6.07, 6.45) is 3.41. The summed E-state index contributed by atoms with van der Waals surface area (Å²) in [5.41, 5.74) is 1.57. The standard InChI is InChI=1S/C19H20N4O3S/c1-14(23-11-10-21-18(23)16-7-3-2-4-8-16)19(24)22-13-15-6-5-9-17(12-15)27(20,25)26/h2-12,14H,13H2,1H3,(H,22,24)(H2,20,25,26)/t14-/m1/s1. The van der Waals surface area contributed by atoms with Crippen LogP contribution in [0.25, 0.3) is 11.4 Å². The molecule has 1 heterocycles. The summed E-state index contributed by atoms with van der Waals surface area (Å²) in [6.45, 7) is 1.98. The van der Waals surface area contributed by atoms with Gasteiger partial charge in [-0.15, -0.1) is 0 Å². The van der Waals surface area contributed by atoms with Crippen molar-refractivity contribution in [3.05, 3.63) is 72.6 Å². The van der Waals surface area contributed by atoms with Gasteiger partial charge < -0.3 is 9.88 Å². The maximum atomic E-state index is 12.6. The first kappa shape index (κ1) is 18.8. The molecule has 0 bridgehead atoms. The van der Waals surface area contributed by atoms with Gasteiger partial charge in [-0.3, -0.25) is 4.79 Å². The fourth-order valence-electron chi connectivity index (χ4n) is 2.73. The molecule has 1 atom stereocenters. The van der Waals surface area contributed by atoms with Gasteiger partial charge in [0, 0.05) is 24.5 Å². The third kappa shape index (κ3) is 4.42. The van der Waals surface area contributed by atoms with Gasteiger partial charge in [-0.2, -0.15) is 0 Å². The van der Waals surface area contributed by atoms with E-state index in [0.29, 0.717) is 11.4 Å². The van der Waals surface area contributed by atoms with Crippen LogP contribution >= 0.6 is 0 Å². The van der Waals surface area contributed by atoms with Gasteiger partial charge in [0.15, 0.2) is 0 Å². The molecule has 0 saturated heterocycles. The largest absolute Gasteiger partial charge is 0.350 e. The highest BCUT2D eigenvalue weighted by Gasteiger charge is 2.18. The van der Waals surface area contributed by atoms with Crippen LogP contribution < -0.4 is 10.5 Å². The van der Waals surface area contributed by atoms with E-state index in [4.69, 9.17) is 5.14 Å². The molecule has 1 amide bonds. The fourth-order valence-corrected chi connectivity index (χ4v) is 3.32. The Kier molecular flexibility index (Phi) is 5.38. The van der Waals surface area contributed by atoms with Gasteiger partial charge in [0.05, 0.1) is 4.90 Å². The van der Waals surface area contributed by atoms with Crippen LogP contribution in [0.5, 0.6) is 0 Å². The summed E-state index contributed by atoms with van der Waals surface area (Å²) < 4.78 is 24.7. The van der Waals surface area contributed by atoms with E-state index in [-0.39, 0.29) is 17.3 Å². The molecule has 0 saturated carbocycles. The summed E-state index contributed by atoms with van der Waals surface area (Å²) in [6, 6.07) is 15.3. The van der Waals surface area contributed by atoms with Gasteiger partial charge in [0.1, 0.15) is 11.9 Å². The van der Waals surface area contributed by atoms with E-state index in [0.717, 1.165) is 5.56 Å². The van der Waals surface area contributed by atoms with E-state index >= 15 is 0 Å². The second kappa shape index (κ2) is 7.73. The zero-order chi connectivity index (χ0) is 19.4. The zero-order valence-corrected chi connectivity index (χ0v) is 15.6. The molecule has 7 nitrogen and oxygen atoms in total. The topological polar surface area (TPSA) is 107 Å². The van der Waals surface area contributed by atoms with Crippen molar-refractivity contribution in [1.82, 2.24) is 14.9 Å². The van der Waals surface area contributed by atoms with E-state index in [1.54, 1.807) is 36.0 Å². The quantitative estimate of drug-likeness (QED) is 0.678. The Bertz CT molecular complexity index is 1050. The molecule has 140 valence electrons. The summed E-state index contributed by atoms with van der Waals surface area (Å²) in [5.74, 6) is 0.501. The lowest BCUT2D eigenvalue weighted by Crippen LogP contribution is -2.30. The molecule has 0 aliphatic rings. The second-order valence-corrected chi connectivity index (χ2v) is 7.67. The number of carbonyl (C=O) groups excluding carboxylic acids is 1. The van der Waals surface area contributed by atoms with Crippen LogP contribution in [0.1, 0.15) is 18.5 Å². The highest BCUT2D eigenvalue weighted by atomic mass is 32.2. The smallest absolute Gasteiger partial charge is 0.243 e. The summed E-state index contributed by atoms with van der Waals surface area (Å²) in [7, 11) is -3.78. The maximum Gasteiger partial charge on any atom is 0.243 e. The fraction of sp³-hybridized carbons (Fsp3) is 0.158. The van der Waals surface area contributed by atoms with Crippen molar-refractivity contribution in [1.29, 1.82) is 0 Å². The minimum Gasteiger partial charge on any atom is -0.350 e. The Morgan fingerprint density at radius 3 is 2.63 bits per heavy atom. The maximum absolute atomic E-state index is 12.6. The lowest BCUT2D eigenvalue weighted by atomic mass is 10.2. The predicted molar refractivity (Wildman–Crippen MR) is 102 cm³/mol. The number of amides is 1. The van der Waals surface area contributed by atoms with Crippen LogP contribution in [0.4, 0.5) is 0 Å². The number of hydrogen-bond donors (Lipinski definition) is 2. The number of hydrogen-bond acceptors (Lipinski definition) is 4. The van der Waals surface area contributed by atoms with E-state index < -0.39 is 16.1 Å². The lowest BCUT2D eigenvalue weighted by Gasteiger charge is -2.16. The molecule has 8 heteroatoms. The van der Waals surface area contributed by atoms with Crippen molar-refractivity contribution in [2.75, 3.05) is 0 Å². The summed E-state index contributed by atoms with van der Waals surface area (Å²) in [5, 5.41) is 7.96. The number of rotatable bonds is 6. The molecule has 0 spiro atoms.